The molecule has 2 heterocycles. The third kappa shape index (κ3) is 7.44. The Morgan fingerprint density at radius 2 is 2.00 bits per heavy atom. The summed E-state index contributed by atoms with van der Waals surface area (Å²) in [5, 5.41) is 6.97. The Balaban J connectivity index is 0.00000364. The van der Waals surface area contributed by atoms with Crippen molar-refractivity contribution in [3.05, 3.63) is 23.9 Å². The first-order chi connectivity index (χ1) is 12.3. The molecular weight excluding hydrogens is 453 g/mol. The van der Waals surface area contributed by atoms with Crippen molar-refractivity contribution in [1.82, 2.24) is 15.6 Å². The van der Waals surface area contributed by atoms with E-state index in [1.54, 1.807) is 7.11 Å². The molecule has 1 aliphatic heterocycles. The van der Waals surface area contributed by atoms with Crippen LogP contribution in [0, 0.1) is 12.3 Å². The molecule has 0 aliphatic carbocycles. The number of nitrogens with one attached hydrogen (secondary N) is 2. The van der Waals surface area contributed by atoms with Crippen molar-refractivity contribution in [1.29, 1.82) is 0 Å². The summed E-state index contributed by atoms with van der Waals surface area (Å²) in [7, 11) is 3.59. The number of guanidine groups is 1. The van der Waals surface area contributed by atoms with Gasteiger partial charge in [-0.1, -0.05) is 26.8 Å². The van der Waals surface area contributed by atoms with E-state index >= 15 is 0 Å². The number of ether oxygens (including phenoxy) is 1. The molecule has 154 valence electrons. The van der Waals surface area contributed by atoms with E-state index in [-0.39, 0.29) is 35.5 Å². The quantitative estimate of drug-likeness (QED) is 0.378. The Morgan fingerprint density at radius 1 is 1.33 bits per heavy atom. The highest BCUT2D eigenvalue weighted by Gasteiger charge is 2.25. The van der Waals surface area contributed by atoms with Crippen molar-refractivity contribution >= 4 is 35.8 Å². The minimum atomic E-state index is 0. The van der Waals surface area contributed by atoms with Crippen molar-refractivity contribution in [3.63, 3.8) is 0 Å². The lowest BCUT2D eigenvalue weighted by atomic mass is 9.89. The van der Waals surface area contributed by atoms with E-state index in [0.717, 1.165) is 44.3 Å². The first-order valence-electron chi connectivity index (χ1n) is 9.51. The van der Waals surface area contributed by atoms with Gasteiger partial charge in [0.1, 0.15) is 5.82 Å². The number of aromatic nitrogens is 1. The SMILES string of the molecule is CN=C(NCC(OC)C(C)(C)C)NC1CCN(c2ccc(C)cn2)CC1.I. The fourth-order valence-corrected chi connectivity index (χ4v) is 3.22. The molecular formula is C20H36IN5O. The number of aliphatic imine (C=N–C) groups is 1. The largest absolute Gasteiger partial charge is 0.379 e. The third-order valence-corrected chi connectivity index (χ3v) is 4.98. The molecule has 0 radical (unpaired) electrons. The molecule has 0 aromatic carbocycles. The van der Waals surface area contributed by atoms with E-state index in [9.17, 15) is 0 Å². The topological polar surface area (TPSA) is 61.8 Å². The highest BCUT2D eigenvalue weighted by atomic mass is 127. The van der Waals surface area contributed by atoms with Gasteiger partial charge in [0.2, 0.25) is 0 Å². The van der Waals surface area contributed by atoms with Crippen LogP contribution in [0.2, 0.25) is 0 Å². The highest BCUT2D eigenvalue weighted by Crippen LogP contribution is 2.21. The summed E-state index contributed by atoms with van der Waals surface area (Å²) >= 11 is 0. The second kappa shape index (κ2) is 11.0. The molecule has 1 aromatic rings. The second-order valence-corrected chi connectivity index (χ2v) is 8.14. The van der Waals surface area contributed by atoms with Gasteiger partial charge < -0.3 is 20.3 Å². The number of rotatable bonds is 5. The lowest BCUT2D eigenvalue weighted by Gasteiger charge is -2.34. The summed E-state index contributed by atoms with van der Waals surface area (Å²) in [6.45, 7) is 11.4. The zero-order valence-corrected chi connectivity index (χ0v) is 19.9. The monoisotopic (exact) mass is 489 g/mol. The number of nitrogens with zero attached hydrogens (tertiary/aromatic N) is 3. The molecule has 7 heteroatoms. The van der Waals surface area contributed by atoms with Crippen LogP contribution >= 0.6 is 24.0 Å². The van der Waals surface area contributed by atoms with Gasteiger partial charge in [-0.3, -0.25) is 4.99 Å². The van der Waals surface area contributed by atoms with Crippen LogP contribution in [0.1, 0.15) is 39.2 Å². The van der Waals surface area contributed by atoms with Gasteiger partial charge in [-0.25, -0.2) is 4.98 Å². The van der Waals surface area contributed by atoms with E-state index < -0.39 is 0 Å². The molecule has 6 nitrogen and oxygen atoms in total. The molecule has 0 spiro atoms. The van der Waals surface area contributed by atoms with Crippen molar-refractivity contribution < 1.29 is 4.74 Å². The number of pyridine rings is 1. The Labute approximate surface area is 181 Å². The minimum absolute atomic E-state index is 0. The molecule has 2 rings (SSSR count). The number of halogens is 1. The molecule has 1 unspecified atom stereocenters. The van der Waals surface area contributed by atoms with Crippen LogP contribution in [0.3, 0.4) is 0 Å². The highest BCUT2D eigenvalue weighted by molar-refractivity contribution is 14.0. The van der Waals surface area contributed by atoms with Crippen molar-refractivity contribution in [3.8, 4) is 0 Å². The van der Waals surface area contributed by atoms with Gasteiger partial charge in [0.15, 0.2) is 5.96 Å². The van der Waals surface area contributed by atoms with Crippen LogP contribution in [0.15, 0.2) is 23.3 Å². The predicted octanol–water partition coefficient (Wildman–Crippen LogP) is 3.20. The second-order valence-electron chi connectivity index (χ2n) is 8.14. The minimum Gasteiger partial charge on any atom is -0.379 e. The van der Waals surface area contributed by atoms with Crippen LogP contribution in [0.5, 0.6) is 0 Å². The molecule has 0 amide bonds. The smallest absolute Gasteiger partial charge is 0.191 e. The first kappa shape index (κ1) is 23.9. The summed E-state index contributed by atoms with van der Waals surface area (Å²) in [6, 6.07) is 4.67. The number of anilines is 1. The summed E-state index contributed by atoms with van der Waals surface area (Å²) < 4.78 is 5.61. The maximum Gasteiger partial charge on any atom is 0.191 e. The van der Waals surface area contributed by atoms with Crippen molar-refractivity contribution in [2.45, 2.75) is 52.7 Å². The van der Waals surface area contributed by atoms with Crippen LogP contribution < -0.4 is 15.5 Å². The van der Waals surface area contributed by atoms with Gasteiger partial charge in [-0.2, -0.15) is 0 Å². The van der Waals surface area contributed by atoms with E-state index in [1.807, 2.05) is 13.2 Å². The fourth-order valence-electron chi connectivity index (χ4n) is 3.22. The van der Waals surface area contributed by atoms with E-state index in [2.05, 4.69) is 65.3 Å². The number of hydrogen-bond acceptors (Lipinski definition) is 4. The van der Waals surface area contributed by atoms with E-state index in [0.29, 0.717) is 6.04 Å². The first-order valence-corrected chi connectivity index (χ1v) is 9.51. The molecule has 0 bridgehead atoms. The fraction of sp³-hybridized carbons (Fsp3) is 0.700. The Bertz CT molecular complexity index is 577. The Hall–Kier alpha value is -1.09. The van der Waals surface area contributed by atoms with Crippen LogP contribution in [0.25, 0.3) is 0 Å². The number of methoxy groups -OCH3 is 1. The lowest BCUT2D eigenvalue weighted by molar-refractivity contribution is 0.0205. The molecule has 0 saturated carbocycles. The Kier molecular flexibility index (Phi) is 9.80. The third-order valence-electron chi connectivity index (χ3n) is 4.98. The average molecular weight is 489 g/mol. The van der Waals surface area contributed by atoms with Crippen molar-refractivity contribution in [2.24, 2.45) is 10.4 Å². The van der Waals surface area contributed by atoms with E-state index in [1.165, 1.54) is 5.56 Å². The molecule has 1 aromatic heterocycles. The zero-order valence-electron chi connectivity index (χ0n) is 17.6. The van der Waals surface area contributed by atoms with Gasteiger partial charge in [0.05, 0.1) is 6.10 Å². The average Bonchev–Trinajstić information content (AvgIpc) is 2.61. The summed E-state index contributed by atoms with van der Waals surface area (Å²) in [4.78, 5) is 11.3. The van der Waals surface area contributed by atoms with E-state index in [4.69, 9.17) is 4.74 Å². The van der Waals surface area contributed by atoms with Gasteiger partial charge in [-0.05, 0) is 36.8 Å². The van der Waals surface area contributed by atoms with Crippen LogP contribution in [0.4, 0.5) is 5.82 Å². The van der Waals surface area contributed by atoms with Crippen LogP contribution in [-0.2, 0) is 4.74 Å². The standard InChI is InChI=1S/C20H35N5O.HI/c1-15-7-8-18(22-13-15)25-11-9-16(10-12-25)24-19(21-5)23-14-17(26-6)20(2,3)4;/h7-8,13,16-17H,9-12,14H2,1-6H3,(H2,21,23,24);1H. The molecule has 1 aliphatic rings. The van der Waals surface area contributed by atoms with Crippen LogP contribution in [-0.4, -0.2) is 56.9 Å². The molecule has 1 saturated heterocycles. The maximum absolute atomic E-state index is 5.61. The lowest BCUT2D eigenvalue weighted by Crippen LogP contribution is -2.51. The molecule has 1 fully saturated rings. The summed E-state index contributed by atoms with van der Waals surface area (Å²) in [5.74, 6) is 1.92. The number of piperidine rings is 1. The molecule has 27 heavy (non-hydrogen) atoms. The van der Waals surface area contributed by atoms with Gasteiger partial charge in [0, 0.05) is 46.0 Å². The Morgan fingerprint density at radius 3 is 2.48 bits per heavy atom. The molecule has 2 N–H and O–H groups in total. The van der Waals surface area contributed by atoms with Gasteiger partial charge in [0.25, 0.3) is 0 Å². The maximum atomic E-state index is 5.61. The summed E-state index contributed by atoms with van der Waals surface area (Å²) in [5.41, 5.74) is 1.29. The number of hydrogen-bond donors (Lipinski definition) is 2. The normalized spacial score (nSPS) is 17.3. The molecule has 1 atom stereocenters. The van der Waals surface area contributed by atoms with Gasteiger partial charge in [-0.15, -0.1) is 24.0 Å². The van der Waals surface area contributed by atoms with Gasteiger partial charge >= 0.3 is 0 Å². The van der Waals surface area contributed by atoms with Crippen molar-refractivity contribution in [2.75, 3.05) is 38.7 Å². The predicted molar refractivity (Wildman–Crippen MR) is 124 cm³/mol. The number of aryl methyl sites for hydroxylation is 1. The zero-order chi connectivity index (χ0) is 19.2. The summed E-state index contributed by atoms with van der Waals surface area (Å²) in [6.07, 6.45) is 4.22.